The Balaban J connectivity index is 2.22. The van der Waals surface area contributed by atoms with Gasteiger partial charge in [-0.1, -0.05) is 31.9 Å². The fourth-order valence-corrected chi connectivity index (χ4v) is 5.45. The Morgan fingerprint density at radius 2 is 1.74 bits per heavy atom. The Morgan fingerprint density at radius 1 is 1.16 bits per heavy atom. The van der Waals surface area contributed by atoms with Crippen molar-refractivity contribution < 1.29 is 13.2 Å². The first-order valence-electron chi connectivity index (χ1n) is 6.10. The first kappa shape index (κ1) is 15.5. The van der Waals surface area contributed by atoms with E-state index in [1.54, 1.807) is 24.3 Å². The van der Waals surface area contributed by atoms with Crippen LogP contribution in [-0.4, -0.2) is 32.7 Å². The van der Waals surface area contributed by atoms with Gasteiger partial charge in [-0.15, -0.1) is 0 Å². The topological polar surface area (TPSA) is 43.4 Å². The molecule has 19 heavy (non-hydrogen) atoms. The number of rotatable bonds is 4. The van der Waals surface area contributed by atoms with Crippen LogP contribution >= 0.6 is 31.9 Å². The van der Waals surface area contributed by atoms with E-state index in [1.807, 2.05) is 0 Å². The van der Waals surface area contributed by atoms with Crippen LogP contribution < -0.4 is 0 Å². The van der Waals surface area contributed by atoms with Crippen LogP contribution in [0.1, 0.15) is 12.8 Å². The number of hydrogen-bond donors (Lipinski definition) is 0. The summed E-state index contributed by atoms with van der Waals surface area (Å²) in [4.78, 5) is 0.391. The highest BCUT2D eigenvalue weighted by Crippen LogP contribution is 2.35. The van der Waals surface area contributed by atoms with Gasteiger partial charge in [0.05, 0.1) is 10.6 Å². The molecular weight excluding hydrogens is 396 g/mol. The van der Waals surface area contributed by atoms with Gasteiger partial charge in [-0.3, -0.25) is 0 Å². The quantitative estimate of drug-likeness (QED) is 0.713. The van der Waals surface area contributed by atoms with Crippen molar-refractivity contribution >= 4 is 41.7 Å². The van der Waals surface area contributed by atoms with Gasteiger partial charge in [-0.25, -0.2) is 8.42 Å². The van der Waals surface area contributed by atoms with Gasteiger partial charge in [0.15, 0.2) is 9.84 Å². The molecule has 2 rings (SSSR count). The number of halogens is 2. The number of ether oxygens (including phenoxy) is 1. The molecule has 0 saturated carbocycles. The van der Waals surface area contributed by atoms with Gasteiger partial charge >= 0.3 is 0 Å². The molecule has 106 valence electrons. The molecule has 0 radical (unpaired) electrons. The fraction of sp³-hybridized carbons (Fsp3) is 0.538. The highest BCUT2D eigenvalue weighted by molar-refractivity contribution is 9.10. The van der Waals surface area contributed by atoms with Gasteiger partial charge in [0.2, 0.25) is 0 Å². The van der Waals surface area contributed by atoms with E-state index in [4.69, 9.17) is 4.74 Å². The summed E-state index contributed by atoms with van der Waals surface area (Å²) in [5, 5.41) is 0.694. The molecule has 0 aliphatic carbocycles. The maximum Gasteiger partial charge on any atom is 0.178 e. The fourth-order valence-electron chi connectivity index (χ4n) is 2.25. The molecular formula is C13H16Br2O3S. The standard InChI is InChI=1S/C13H16Br2O3S/c14-9-13(5-7-18-8-6-13)10-19(16,17)12-3-1-11(15)2-4-12/h1-4H,5-10H2. The maximum atomic E-state index is 12.5. The van der Waals surface area contributed by atoms with Crippen molar-refractivity contribution in [2.45, 2.75) is 17.7 Å². The lowest BCUT2D eigenvalue weighted by Gasteiger charge is -2.35. The van der Waals surface area contributed by atoms with E-state index in [9.17, 15) is 8.42 Å². The molecule has 1 aliphatic rings. The van der Waals surface area contributed by atoms with Crippen LogP contribution in [0.15, 0.2) is 33.6 Å². The molecule has 1 saturated heterocycles. The van der Waals surface area contributed by atoms with E-state index in [-0.39, 0.29) is 11.2 Å². The number of alkyl halides is 1. The van der Waals surface area contributed by atoms with Crippen LogP contribution in [0, 0.1) is 5.41 Å². The van der Waals surface area contributed by atoms with E-state index in [1.165, 1.54) is 0 Å². The summed E-state index contributed by atoms with van der Waals surface area (Å²) in [6.45, 7) is 1.28. The Labute approximate surface area is 130 Å². The second-order valence-corrected chi connectivity index (χ2v) is 8.42. The summed E-state index contributed by atoms with van der Waals surface area (Å²) in [6.07, 6.45) is 1.57. The summed E-state index contributed by atoms with van der Waals surface area (Å²) in [5.41, 5.74) is -0.204. The molecule has 3 nitrogen and oxygen atoms in total. The van der Waals surface area contributed by atoms with Gasteiger partial charge in [0.25, 0.3) is 0 Å². The molecule has 0 N–H and O–H groups in total. The van der Waals surface area contributed by atoms with Gasteiger partial charge in [-0.2, -0.15) is 0 Å². The Hall–Kier alpha value is 0.0900. The predicted octanol–water partition coefficient (Wildman–Crippen LogP) is 3.41. The summed E-state index contributed by atoms with van der Waals surface area (Å²) >= 11 is 6.79. The molecule has 0 atom stereocenters. The first-order chi connectivity index (χ1) is 8.97. The van der Waals surface area contributed by atoms with Crippen molar-refractivity contribution in [3.8, 4) is 0 Å². The van der Waals surface area contributed by atoms with E-state index in [0.717, 1.165) is 17.3 Å². The minimum Gasteiger partial charge on any atom is -0.381 e. The van der Waals surface area contributed by atoms with Crippen molar-refractivity contribution in [3.63, 3.8) is 0 Å². The van der Waals surface area contributed by atoms with Crippen LogP contribution in [0.3, 0.4) is 0 Å². The monoisotopic (exact) mass is 410 g/mol. The van der Waals surface area contributed by atoms with Crippen molar-refractivity contribution in [1.82, 2.24) is 0 Å². The number of benzene rings is 1. The van der Waals surface area contributed by atoms with Gasteiger partial charge < -0.3 is 4.74 Å². The van der Waals surface area contributed by atoms with E-state index in [2.05, 4.69) is 31.9 Å². The zero-order valence-corrected chi connectivity index (χ0v) is 14.4. The van der Waals surface area contributed by atoms with Gasteiger partial charge in [0, 0.05) is 23.0 Å². The maximum absolute atomic E-state index is 12.5. The zero-order valence-electron chi connectivity index (χ0n) is 10.4. The Kier molecular flexibility index (Phi) is 5.09. The van der Waals surface area contributed by atoms with Crippen molar-refractivity contribution in [3.05, 3.63) is 28.7 Å². The zero-order chi connectivity index (χ0) is 13.9. The van der Waals surface area contributed by atoms with Gasteiger partial charge in [0.1, 0.15) is 0 Å². The molecule has 0 spiro atoms. The molecule has 1 aromatic rings. The normalized spacial score (nSPS) is 19.3. The molecule has 0 aromatic heterocycles. The second kappa shape index (κ2) is 6.24. The summed E-state index contributed by atoms with van der Waals surface area (Å²) < 4.78 is 31.2. The van der Waals surface area contributed by atoms with Crippen molar-refractivity contribution in [2.24, 2.45) is 5.41 Å². The second-order valence-electron chi connectivity index (χ2n) is 4.96. The number of hydrogen-bond acceptors (Lipinski definition) is 3. The van der Waals surface area contributed by atoms with E-state index in [0.29, 0.717) is 23.4 Å². The smallest absolute Gasteiger partial charge is 0.178 e. The Morgan fingerprint density at radius 3 is 2.26 bits per heavy atom. The largest absolute Gasteiger partial charge is 0.381 e. The molecule has 1 aliphatic heterocycles. The third kappa shape index (κ3) is 3.80. The van der Waals surface area contributed by atoms with Crippen molar-refractivity contribution in [1.29, 1.82) is 0 Å². The molecule has 1 fully saturated rings. The van der Waals surface area contributed by atoms with E-state index >= 15 is 0 Å². The first-order valence-corrected chi connectivity index (χ1v) is 9.66. The van der Waals surface area contributed by atoms with Gasteiger partial charge in [-0.05, 0) is 42.5 Å². The third-order valence-corrected chi connectivity index (χ3v) is 7.21. The van der Waals surface area contributed by atoms with Crippen LogP contribution in [0.4, 0.5) is 0 Å². The van der Waals surface area contributed by atoms with Crippen molar-refractivity contribution in [2.75, 3.05) is 24.3 Å². The molecule has 0 unspecified atom stereocenters. The molecule has 0 bridgehead atoms. The minimum atomic E-state index is -3.25. The highest BCUT2D eigenvalue weighted by Gasteiger charge is 2.36. The van der Waals surface area contributed by atoms with E-state index < -0.39 is 9.84 Å². The third-order valence-electron chi connectivity index (χ3n) is 3.51. The summed E-state index contributed by atoms with van der Waals surface area (Å²) in [5.74, 6) is 0.177. The lowest BCUT2D eigenvalue weighted by molar-refractivity contribution is 0.0367. The van der Waals surface area contributed by atoms with Crippen LogP contribution in [0.2, 0.25) is 0 Å². The minimum absolute atomic E-state index is 0.177. The predicted molar refractivity (Wildman–Crippen MR) is 82.5 cm³/mol. The molecule has 0 amide bonds. The number of sulfone groups is 1. The van der Waals surface area contributed by atoms with Crippen LogP contribution in [-0.2, 0) is 14.6 Å². The SMILES string of the molecule is O=S(=O)(CC1(CBr)CCOCC1)c1ccc(Br)cc1. The average molecular weight is 412 g/mol. The summed E-state index contributed by atoms with van der Waals surface area (Å²) in [7, 11) is -3.25. The highest BCUT2D eigenvalue weighted by atomic mass is 79.9. The molecule has 1 aromatic carbocycles. The Bertz CT molecular complexity index is 519. The lowest BCUT2D eigenvalue weighted by atomic mass is 9.85. The van der Waals surface area contributed by atoms with Crippen LogP contribution in [0.5, 0.6) is 0 Å². The lowest BCUT2D eigenvalue weighted by Crippen LogP contribution is -2.37. The average Bonchev–Trinajstić information content (AvgIpc) is 2.40. The summed E-state index contributed by atoms with van der Waals surface area (Å²) in [6, 6.07) is 6.83. The molecule has 6 heteroatoms. The van der Waals surface area contributed by atoms with Crippen LogP contribution in [0.25, 0.3) is 0 Å². The molecule has 1 heterocycles.